The molecule has 0 aliphatic carbocycles. The quantitative estimate of drug-likeness (QED) is 0.671. The van der Waals surface area contributed by atoms with Gasteiger partial charge in [-0.2, -0.15) is 0 Å². The van der Waals surface area contributed by atoms with Crippen LogP contribution in [0.1, 0.15) is 16.7 Å². The molecule has 4 nitrogen and oxygen atoms in total. The van der Waals surface area contributed by atoms with Gasteiger partial charge < -0.3 is 5.32 Å². The number of benzene rings is 2. The Bertz CT molecular complexity index is 677. The van der Waals surface area contributed by atoms with Crippen LogP contribution in [0, 0.1) is 22.9 Å². The van der Waals surface area contributed by atoms with Gasteiger partial charge in [0.05, 0.1) is 4.92 Å². The molecule has 0 bridgehead atoms. The van der Waals surface area contributed by atoms with Crippen molar-refractivity contribution in [3.63, 3.8) is 0 Å². The summed E-state index contributed by atoms with van der Waals surface area (Å²) >= 11 is 5.69. The lowest BCUT2D eigenvalue weighted by Crippen LogP contribution is -2.14. The van der Waals surface area contributed by atoms with Crippen molar-refractivity contribution < 1.29 is 9.31 Å². The fourth-order valence-electron chi connectivity index (χ4n) is 2.06. The molecule has 2 aromatic carbocycles. The monoisotopic (exact) mass is 308 g/mol. The van der Waals surface area contributed by atoms with Crippen LogP contribution in [0.15, 0.2) is 36.4 Å². The normalized spacial score (nSPS) is 10.6. The summed E-state index contributed by atoms with van der Waals surface area (Å²) in [4.78, 5) is 10.5. The van der Waals surface area contributed by atoms with Gasteiger partial charge in [0.15, 0.2) is 0 Å². The first kappa shape index (κ1) is 15.4. The van der Waals surface area contributed by atoms with Crippen molar-refractivity contribution >= 4 is 17.3 Å². The number of nitro groups is 1. The molecule has 2 rings (SSSR count). The van der Waals surface area contributed by atoms with E-state index in [1.807, 2.05) is 6.07 Å². The summed E-state index contributed by atoms with van der Waals surface area (Å²) < 4.78 is 13.6. The summed E-state index contributed by atoms with van der Waals surface area (Å²) in [5, 5.41) is 14.3. The lowest BCUT2D eigenvalue weighted by Gasteiger charge is -2.09. The number of hydrogen-bond acceptors (Lipinski definition) is 3. The maximum atomic E-state index is 13.6. The lowest BCUT2D eigenvalue weighted by atomic mass is 10.1. The third kappa shape index (κ3) is 3.77. The molecule has 0 radical (unpaired) electrons. The number of nitrogens with zero attached hydrogens (tertiary/aromatic N) is 1. The Morgan fingerprint density at radius 3 is 2.62 bits per heavy atom. The van der Waals surface area contributed by atoms with Gasteiger partial charge in [-0.05, 0) is 24.6 Å². The molecule has 0 aromatic heterocycles. The average Bonchev–Trinajstić information content (AvgIpc) is 2.42. The van der Waals surface area contributed by atoms with Crippen LogP contribution in [-0.2, 0) is 13.1 Å². The van der Waals surface area contributed by atoms with Gasteiger partial charge in [-0.15, -0.1) is 0 Å². The second kappa shape index (κ2) is 6.65. The summed E-state index contributed by atoms with van der Waals surface area (Å²) in [5.74, 6) is -0.370. The predicted octanol–water partition coefficient (Wildman–Crippen LogP) is 3.99. The predicted molar refractivity (Wildman–Crippen MR) is 79.8 cm³/mol. The topological polar surface area (TPSA) is 55.2 Å². The molecule has 0 aliphatic rings. The second-order valence-corrected chi connectivity index (χ2v) is 5.09. The third-order valence-electron chi connectivity index (χ3n) is 3.26. The zero-order chi connectivity index (χ0) is 15.4. The molecule has 0 saturated heterocycles. The minimum Gasteiger partial charge on any atom is -0.308 e. The van der Waals surface area contributed by atoms with Crippen LogP contribution < -0.4 is 5.32 Å². The molecule has 0 aliphatic heterocycles. The van der Waals surface area contributed by atoms with E-state index in [1.54, 1.807) is 25.1 Å². The van der Waals surface area contributed by atoms with Gasteiger partial charge in [0.1, 0.15) is 5.82 Å². The van der Waals surface area contributed by atoms with Crippen molar-refractivity contribution in [1.29, 1.82) is 0 Å². The standard InChI is InChI=1S/C15H14ClFN2O2/c1-10-11(3-2-4-15(10)19(20)21)8-18-9-12-5-6-13(16)7-14(12)17/h2-7,18H,8-9H2,1H3. The van der Waals surface area contributed by atoms with Gasteiger partial charge in [0.2, 0.25) is 0 Å². The second-order valence-electron chi connectivity index (χ2n) is 4.66. The maximum Gasteiger partial charge on any atom is 0.272 e. The van der Waals surface area contributed by atoms with Crippen LogP contribution in [0.2, 0.25) is 5.02 Å². The van der Waals surface area contributed by atoms with Crippen molar-refractivity contribution in [2.24, 2.45) is 0 Å². The van der Waals surface area contributed by atoms with Crippen molar-refractivity contribution in [2.75, 3.05) is 0 Å². The number of halogens is 2. The van der Waals surface area contributed by atoms with Gasteiger partial charge in [-0.1, -0.05) is 29.8 Å². The molecule has 0 spiro atoms. The van der Waals surface area contributed by atoms with E-state index < -0.39 is 4.92 Å². The molecule has 110 valence electrons. The number of nitrogens with one attached hydrogen (secondary N) is 1. The van der Waals surface area contributed by atoms with Gasteiger partial charge in [0, 0.05) is 35.3 Å². The molecule has 0 saturated carbocycles. The van der Waals surface area contributed by atoms with Gasteiger partial charge in [-0.3, -0.25) is 10.1 Å². The molecule has 1 N–H and O–H groups in total. The van der Waals surface area contributed by atoms with E-state index in [2.05, 4.69) is 5.32 Å². The van der Waals surface area contributed by atoms with Crippen LogP contribution in [0.3, 0.4) is 0 Å². The van der Waals surface area contributed by atoms with Crippen LogP contribution in [0.25, 0.3) is 0 Å². The number of rotatable bonds is 5. The van der Waals surface area contributed by atoms with E-state index in [-0.39, 0.29) is 11.5 Å². The molecule has 2 aromatic rings. The zero-order valence-electron chi connectivity index (χ0n) is 11.4. The maximum absolute atomic E-state index is 13.6. The molecule has 0 atom stereocenters. The van der Waals surface area contributed by atoms with Crippen molar-refractivity contribution in [3.8, 4) is 0 Å². The van der Waals surface area contributed by atoms with Crippen molar-refractivity contribution in [1.82, 2.24) is 5.32 Å². The summed E-state index contributed by atoms with van der Waals surface area (Å²) in [6, 6.07) is 9.43. The molecular weight excluding hydrogens is 295 g/mol. The van der Waals surface area contributed by atoms with E-state index in [1.165, 1.54) is 12.1 Å². The van der Waals surface area contributed by atoms with Crippen molar-refractivity contribution in [3.05, 3.63) is 74.0 Å². The third-order valence-corrected chi connectivity index (χ3v) is 3.50. The molecular formula is C15H14ClFN2O2. The Hall–Kier alpha value is -1.98. The van der Waals surface area contributed by atoms with Crippen LogP contribution in [-0.4, -0.2) is 4.92 Å². The molecule has 0 unspecified atom stereocenters. The summed E-state index contributed by atoms with van der Waals surface area (Å²) in [5.41, 5.74) is 2.03. The first-order chi connectivity index (χ1) is 9.99. The highest BCUT2D eigenvalue weighted by molar-refractivity contribution is 6.30. The number of nitro benzene ring substituents is 1. The summed E-state index contributed by atoms with van der Waals surface area (Å²) in [7, 11) is 0. The summed E-state index contributed by atoms with van der Waals surface area (Å²) in [6.45, 7) is 2.46. The van der Waals surface area contributed by atoms with E-state index in [0.29, 0.717) is 29.2 Å². The minimum absolute atomic E-state index is 0.0898. The molecule has 0 fully saturated rings. The molecule has 21 heavy (non-hydrogen) atoms. The first-order valence-corrected chi connectivity index (χ1v) is 6.74. The average molecular weight is 309 g/mol. The fraction of sp³-hybridized carbons (Fsp3) is 0.200. The van der Waals surface area contributed by atoms with E-state index in [4.69, 9.17) is 11.6 Å². The highest BCUT2D eigenvalue weighted by Gasteiger charge is 2.12. The highest BCUT2D eigenvalue weighted by Crippen LogP contribution is 2.21. The Labute approximate surface area is 126 Å². The number of hydrogen-bond donors (Lipinski definition) is 1. The largest absolute Gasteiger partial charge is 0.308 e. The van der Waals surface area contributed by atoms with Crippen molar-refractivity contribution in [2.45, 2.75) is 20.0 Å². The summed E-state index contributed by atoms with van der Waals surface area (Å²) in [6.07, 6.45) is 0. The Kier molecular flexibility index (Phi) is 4.88. The highest BCUT2D eigenvalue weighted by atomic mass is 35.5. The minimum atomic E-state index is -0.405. The molecule has 6 heteroatoms. The van der Waals surface area contributed by atoms with Gasteiger partial charge >= 0.3 is 0 Å². The van der Waals surface area contributed by atoms with Crippen LogP contribution in [0.4, 0.5) is 10.1 Å². The van der Waals surface area contributed by atoms with E-state index in [9.17, 15) is 14.5 Å². The SMILES string of the molecule is Cc1c(CNCc2ccc(Cl)cc2F)cccc1[N+](=O)[O-]. The smallest absolute Gasteiger partial charge is 0.272 e. The molecule has 0 heterocycles. The van der Waals surface area contributed by atoms with Gasteiger partial charge in [0.25, 0.3) is 5.69 Å². The van der Waals surface area contributed by atoms with Crippen LogP contribution in [0.5, 0.6) is 0 Å². The Morgan fingerprint density at radius 1 is 1.24 bits per heavy atom. The lowest BCUT2D eigenvalue weighted by molar-refractivity contribution is -0.385. The van der Waals surface area contributed by atoms with Gasteiger partial charge in [-0.25, -0.2) is 4.39 Å². The first-order valence-electron chi connectivity index (χ1n) is 6.36. The van der Waals surface area contributed by atoms with E-state index in [0.717, 1.165) is 5.56 Å². The fourth-order valence-corrected chi connectivity index (χ4v) is 2.21. The Balaban J connectivity index is 2.04. The zero-order valence-corrected chi connectivity index (χ0v) is 12.2. The molecule has 0 amide bonds. The Morgan fingerprint density at radius 2 is 1.95 bits per heavy atom. The van der Waals surface area contributed by atoms with E-state index >= 15 is 0 Å². The van der Waals surface area contributed by atoms with Crippen LogP contribution >= 0.6 is 11.6 Å².